The quantitative estimate of drug-likeness (QED) is 0.871. The third kappa shape index (κ3) is 2.75. The molecule has 4 nitrogen and oxygen atoms in total. The maximum atomic E-state index is 11.3. The van der Waals surface area contributed by atoms with Crippen molar-refractivity contribution in [2.75, 3.05) is 12.4 Å². The molecule has 0 fully saturated rings. The van der Waals surface area contributed by atoms with Gasteiger partial charge in [0.1, 0.15) is 4.88 Å². The topological polar surface area (TPSA) is 51.2 Å². The van der Waals surface area contributed by atoms with Gasteiger partial charge in [0.2, 0.25) is 0 Å². The number of halogens is 2. The van der Waals surface area contributed by atoms with Crippen LogP contribution in [0.1, 0.15) is 9.67 Å². The van der Waals surface area contributed by atoms with Crippen molar-refractivity contribution < 1.29 is 9.53 Å². The van der Waals surface area contributed by atoms with Crippen molar-refractivity contribution in [2.45, 2.75) is 0 Å². The zero-order valence-electron chi connectivity index (χ0n) is 9.24. The molecule has 0 amide bonds. The van der Waals surface area contributed by atoms with E-state index in [1.165, 1.54) is 24.6 Å². The van der Waals surface area contributed by atoms with Gasteiger partial charge in [-0.25, -0.2) is 9.78 Å². The number of ether oxygens (including phenoxy) is 1. The van der Waals surface area contributed by atoms with Crippen molar-refractivity contribution in [1.82, 2.24) is 4.98 Å². The number of carbonyl (C=O) groups is 1. The van der Waals surface area contributed by atoms with Gasteiger partial charge < -0.3 is 10.1 Å². The van der Waals surface area contributed by atoms with Crippen molar-refractivity contribution in [3.63, 3.8) is 0 Å². The average molecular weight is 303 g/mol. The molecule has 1 aromatic carbocycles. The van der Waals surface area contributed by atoms with Gasteiger partial charge >= 0.3 is 5.97 Å². The van der Waals surface area contributed by atoms with Crippen LogP contribution in [0.3, 0.4) is 0 Å². The minimum absolute atomic E-state index is 0.411. The fourth-order valence-electron chi connectivity index (χ4n) is 1.24. The van der Waals surface area contributed by atoms with Crippen LogP contribution in [0.25, 0.3) is 0 Å². The lowest BCUT2D eigenvalue weighted by Crippen LogP contribution is -1.96. The molecule has 0 bridgehead atoms. The maximum Gasteiger partial charge on any atom is 0.349 e. The fourth-order valence-corrected chi connectivity index (χ4v) is 2.34. The summed E-state index contributed by atoms with van der Waals surface area (Å²) in [5, 5.41) is 4.40. The van der Waals surface area contributed by atoms with Gasteiger partial charge in [-0.2, -0.15) is 0 Å². The second-order valence-corrected chi connectivity index (χ2v) is 5.06. The first-order chi connectivity index (χ1) is 8.61. The van der Waals surface area contributed by atoms with Crippen LogP contribution >= 0.6 is 34.5 Å². The number of thiazole rings is 1. The van der Waals surface area contributed by atoms with E-state index in [9.17, 15) is 4.79 Å². The highest BCUT2D eigenvalue weighted by Gasteiger charge is 2.12. The zero-order chi connectivity index (χ0) is 13.1. The second kappa shape index (κ2) is 5.56. The lowest BCUT2D eigenvalue weighted by atomic mass is 10.3. The summed E-state index contributed by atoms with van der Waals surface area (Å²) in [4.78, 5) is 15.7. The normalized spacial score (nSPS) is 10.2. The number of carbonyl (C=O) groups excluding carboxylic acids is 1. The van der Waals surface area contributed by atoms with Crippen LogP contribution in [0.15, 0.2) is 24.4 Å². The summed E-state index contributed by atoms with van der Waals surface area (Å²) in [6.07, 6.45) is 1.44. The van der Waals surface area contributed by atoms with Crippen LogP contribution in [-0.2, 0) is 4.74 Å². The Balaban J connectivity index is 2.21. The maximum absolute atomic E-state index is 11.3. The van der Waals surface area contributed by atoms with E-state index in [1.54, 1.807) is 18.2 Å². The molecule has 1 heterocycles. The van der Waals surface area contributed by atoms with Crippen molar-refractivity contribution in [3.05, 3.63) is 39.3 Å². The first kappa shape index (κ1) is 13.1. The van der Waals surface area contributed by atoms with Gasteiger partial charge in [-0.1, -0.05) is 40.6 Å². The number of hydrogen-bond acceptors (Lipinski definition) is 5. The van der Waals surface area contributed by atoms with Crippen LogP contribution in [0.4, 0.5) is 10.8 Å². The molecule has 18 heavy (non-hydrogen) atoms. The molecule has 0 saturated heterocycles. The first-order valence-electron chi connectivity index (χ1n) is 4.87. The molecule has 0 aliphatic carbocycles. The monoisotopic (exact) mass is 302 g/mol. The predicted molar refractivity (Wildman–Crippen MR) is 73.2 cm³/mol. The van der Waals surface area contributed by atoms with Crippen molar-refractivity contribution in [2.24, 2.45) is 0 Å². The van der Waals surface area contributed by atoms with E-state index in [4.69, 9.17) is 23.2 Å². The van der Waals surface area contributed by atoms with Gasteiger partial charge in [0.05, 0.1) is 29.0 Å². The molecule has 0 aliphatic heterocycles. The van der Waals surface area contributed by atoms with Gasteiger partial charge in [-0.05, 0) is 12.1 Å². The SMILES string of the molecule is COC(=O)c1cnc(Nc2cccc(Cl)c2Cl)s1. The Hall–Kier alpha value is -1.30. The number of nitrogens with zero attached hydrogens (tertiary/aromatic N) is 1. The predicted octanol–water partition coefficient (Wildman–Crippen LogP) is 3.98. The van der Waals surface area contributed by atoms with Crippen molar-refractivity contribution >= 4 is 51.3 Å². The van der Waals surface area contributed by atoms with Crippen LogP contribution < -0.4 is 5.32 Å². The Morgan fingerprint density at radius 3 is 2.94 bits per heavy atom. The standard InChI is InChI=1S/C11H8Cl2N2O2S/c1-17-10(16)8-5-14-11(18-8)15-7-4-2-3-6(12)9(7)13/h2-5H,1H3,(H,14,15). The molecule has 94 valence electrons. The fraction of sp³-hybridized carbons (Fsp3) is 0.0909. The van der Waals surface area contributed by atoms with Crippen LogP contribution in [0.5, 0.6) is 0 Å². The Morgan fingerprint density at radius 2 is 2.22 bits per heavy atom. The number of methoxy groups -OCH3 is 1. The number of hydrogen-bond donors (Lipinski definition) is 1. The minimum atomic E-state index is -0.419. The molecular weight excluding hydrogens is 295 g/mol. The molecule has 0 aliphatic rings. The molecule has 0 atom stereocenters. The molecular formula is C11H8Cl2N2O2S. The van der Waals surface area contributed by atoms with E-state index < -0.39 is 5.97 Å². The summed E-state index contributed by atoms with van der Waals surface area (Å²) >= 11 is 13.1. The first-order valence-corrected chi connectivity index (χ1v) is 6.44. The minimum Gasteiger partial charge on any atom is -0.465 e. The Morgan fingerprint density at radius 1 is 1.44 bits per heavy atom. The molecule has 1 N–H and O–H groups in total. The van der Waals surface area contributed by atoms with E-state index in [0.29, 0.717) is 25.7 Å². The third-order valence-corrected chi connectivity index (χ3v) is 3.80. The van der Waals surface area contributed by atoms with E-state index in [1.807, 2.05) is 0 Å². The summed E-state index contributed by atoms with van der Waals surface area (Å²) in [7, 11) is 1.32. The summed E-state index contributed by atoms with van der Waals surface area (Å²) in [6, 6.07) is 5.23. The molecule has 2 aromatic rings. The van der Waals surface area contributed by atoms with E-state index >= 15 is 0 Å². The Bertz CT molecular complexity index is 586. The van der Waals surface area contributed by atoms with E-state index in [-0.39, 0.29) is 0 Å². The van der Waals surface area contributed by atoms with E-state index in [2.05, 4.69) is 15.0 Å². The number of anilines is 2. The highest BCUT2D eigenvalue weighted by atomic mass is 35.5. The molecule has 0 saturated carbocycles. The number of benzene rings is 1. The highest BCUT2D eigenvalue weighted by Crippen LogP contribution is 2.32. The van der Waals surface area contributed by atoms with Crippen molar-refractivity contribution in [1.29, 1.82) is 0 Å². The van der Waals surface area contributed by atoms with Gasteiger partial charge in [-0.3, -0.25) is 0 Å². The summed E-state index contributed by atoms with van der Waals surface area (Å²) < 4.78 is 4.60. The average Bonchev–Trinajstić information content (AvgIpc) is 2.82. The summed E-state index contributed by atoms with van der Waals surface area (Å²) in [6.45, 7) is 0. The third-order valence-electron chi connectivity index (χ3n) is 2.09. The highest BCUT2D eigenvalue weighted by molar-refractivity contribution is 7.17. The van der Waals surface area contributed by atoms with Crippen LogP contribution in [0.2, 0.25) is 10.0 Å². The van der Waals surface area contributed by atoms with Crippen molar-refractivity contribution in [3.8, 4) is 0 Å². The van der Waals surface area contributed by atoms with Crippen LogP contribution in [0, 0.1) is 0 Å². The summed E-state index contributed by atoms with van der Waals surface area (Å²) in [5.74, 6) is -0.419. The Labute approximate surface area is 118 Å². The second-order valence-electron chi connectivity index (χ2n) is 3.25. The van der Waals surface area contributed by atoms with Gasteiger partial charge in [0.25, 0.3) is 0 Å². The number of aromatic nitrogens is 1. The molecule has 7 heteroatoms. The number of nitrogens with one attached hydrogen (secondary N) is 1. The van der Waals surface area contributed by atoms with Gasteiger partial charge in [-0.15, -0.1) is 0 Å². The van der Waals surface area contributed by atoms with E-state index in [0.717, 1.165) is 0 Å². The van der Waals surface area contributed by atoms with Crippen LogP contribution in [-0.4, -0.2) is 18.1 Å². The molecule has 1 aromatic heterocycles. The summed E-state index contributed by atoms with van der Waals surface area (Å²) in [5.41, 5.74) is 0.634. The molecule has 0 radical (unpaired) electrons. The lowest BCUT2D eigenvalue weighted by Gasteiger charge is -2.05. The number of esters is 1. The molecule has 0 spiro atoms. The van der Waals surface area contributed by atoms with Gasteiger partial charge in [0, 0.05) is 0 Å². The Kier molecular flexibility index (Phi) is 4.06. The largest absolute Gasteiger partial charge is 0.465 e. The zero-order valence-corrected chi connectivity index (χ0v) is 11.6. The van der Waals surface area contributed by atoms with Gasteiger partial charge in [0.15, 0.2) is 5.13 Å². The lowest BCUT2D eigenvalue weighted by molar-refractivity contribution is 0.0606. The smallest absolute Gasteiger partial charge is 0.349 e. The number of rotatable bonds is 3. The molecule has 2 rings (SSSR count). The molecule has 0 unspecified atom stereocenters.